The van der Waals surface area contributed by atoms with Gasteiger partial charge in [-0.15, -0.1) is 0 Å². The summed E-state index contributed by atoms with van der Waals surface area (Å²) in [6, 6.07) is 14.6. The van der Waals surface area contributed by atoms with E-state index < -0.39 is 0 Å². The van der Waals surface area contributed by atoms with E-state index in [9.17, 15) is 9.59 Å². The number of ether oxygens (including phenoxy) is 1. The van der Waals surface area contributed by atoms with E-state index in [2.05, 4.69) is 43.0 Å². The van der Waals surface area contributed by atoms with Crippen LogP contribution in [-0.2, 0) is 9.59 Å². The summed E-state index contributed by atoms with van der Waals surface area (Å²) in [6.07, 6.45) is 0.384. The van der Waals surface area contributed by atoms with Gasteiger partial charge in [0.1, 0.15) is 11.9 Å². The molecule has 1 saturated heterocycles. The van der Waals surface area contributed by atoms with Crippen molar-refractivity contribution < 1.29 is 14.3 Å². The summed E-state index contributed by atoms with van der Waals surface area (Å²) in [5.41, 5.74) is 4.33. The number of amides is 2. The Hall–Kier alpha value is -3.02. The molecule has 2 aromatic rings. The number of benzene rings is 2. The molecule has 6 heteroatoms. The van der Waals surface area contributed by atoms with Crippen molar-refractivity contribution in [2.24, 2.45) is 0 Å². The summed E-state index contributed by atoms with van der Waals surface area (Å²) in [5.74, 6) is 0.766. The Morgan fingerprint density at radius 1 is 0.938 bits per heavy atom. The van der Waals surface area contributed by atoms with Gasteiger partial charge in [-0.05, 0) is 63.1 Å². The minimum atomic E-state index is -0.0691. The standard InChI is InChI=1S/C26H33N3O3/c1-18-6-5-7-22(14-18)28-13-12-27(16-20(28)3)25(30)10-11-26(31)29-17-21(4)32-24-9-8-19(2)15-23(24)29/h5-9,14-15,20-21H,10-13,16-17H2,1-4H3/t20-,21-/m1/s1. The monoisotopic (exact) mass is 435 g/mol. The summed E-state index contributed by atoms with van der Waals surface area (Å²) in [6.45, 7) is 10.9. The molecular weight excluding hydrogens is 402 g/mol. The summed E-state index contributed by atoms with van der Waals surface area (Å²) in [4.78, 5) is 32.0. The van der Waals surface area contributed by atoms with Gasteiger partial charge in [-0.25, -0.2) is 0 Å². The number of piperazine rings is 1. The first-order valence-electron chi connectivity index (χ1n) is 11.5. The number of carbonyl (C=O) groups excluding carboxylic acids is 2. The Morgan fingerprint density at radius 2 is 1.69 bits per heavy atom. The predicted molar refractivity (Wildman–Crippen MR) is 127 cm³/mol. The molecule has 32 heavy (non-hydrogen) atoms. The van der Waals surface area contributed by atoms with E-state index in [-0.39, 0.29) is 36.8 Å². The van der Waals surface area contributed by atoms with Crippen molar-refractivity contribution in [3.05, 3.63) is 53.6 Å². The van der Waals surface area contributed by atoms with Crippen molar-refractivity contribution in [2.75, 3.05) is 36.0 Å². The van der Waals surface area contributed by atoms with Crippen molar-refractivity contribution in [3.63, 3.8) is 0 Å². The average molecular weight is 436 g/mol. The molecule has 170 valence electrons. The van der Waals surface area contributed by atoms with E-state index >= 15 is 0 Å². The molecule has 2 aliphatic rings. The maximum atomic E-state index is 13.0. The van der Waals surface area contributed by atoms with Crippen molar-refractivity contribution in [1.29, 1.82) is 0 Å². The third-order valence-corrected chi connectivity index (χ3v) is 6.34. The van der Waals surface area contributed by atoms with Gasteiger partial charge in [0.05, 0.1) is 12.2 Å². The second-order valence-electron chi connectivity index (χ2n) is 9.13. The van der Waals surface area contributed by atoms with Crippen LogP contribution in [0.3, 0.4) is 0 Å². The molecule has 4 rings (SSSR count). The largest absolute Gasteiger partial charge is 0.487 e. The molecule has 0 saturated carbocycles. The number of hydrogen-bond acceptors (Lipinski definition) is 4. The zero-order valence-electron chi connectivity index (χ0n) is 19.5. The molecule has 2 aliphatic heterocycles. The molecule has 1 fully saturated rings. The second-order valence-corrected chi connectivity index (χ2v) is 9.13. The highest BCUT2D eigenvalue weighted by molar-refractivity contribution is 5.97. The minimum absolute atomic E-state index is 0.0215. The lowest BCUT2D eigenvalue weighted by Crippen LogP contribution is -2.54. The van der Waals surface area contributed by atoms with Crippen LogP contribution in [0.15, 0.2) is 42.5 Å². The van der Waals surface area contributed by atoms with E-state index in [1.807, 2.05) is 36.9 Å². The SMILES string of the molecule is Cc1cccc(N2CCN(C(=O)CCC(=O)N3C[C@@H](C)Oc4ccc(C)cc43)C[C@H]2C)c1. The summed E-state index contributed by atoms with van der Waals surface area (Å²) in [7, 11) is 0. The van der Waals surface area contributed by atoms with Gasteiger partial charge in [0.25, 0.3) is 0 Å². The molecule has 0 radical (unpaired) electrons. The highest BCUT2D eigenvalue weighted by atomic mass is 16.5. The number of aryl methyl sites for hydroxylation is 2. The molecule has 0 unspecified atom stereocenters. The van der Waals surface area contributed by atoms with Crippen LogP contribution in [0.1, 0.15) is 37.8 Å². The first kappa shape index (κ1) is 22.2. The van der Waals surface area contributed by atoms with E-state index in [4.69, 9.17) is 4.74 Å². The quantitative estimate of drug-likeness (QED) is 0.730. The topological polar surface area (TPSA) is 53.1 Å². The number of carbonyl (C=O) groups is 2. The van der Waals surface area contributed by atoms with Gasteiger partial charge >= 0.3 is 0 Å². The van der Waals surface area contributed by atoms with Gasteiger partial charge in [0.15, 0.2) is 0 Å². The van der Waals surface area contributed by atoms with Gasteiger partial charge in [0, 0.05) is 44.2 Å². The molecule has 0 N–H and O–H groups in total. The van der Waals surface area contributed by atoms with Crippen LogP contribution >= 0.6 is 0 Å². The Morgan fingerprint density at radius 3 is 2.44 bits per heavy atom. The first-order valence-corrected chi connectivity index (χ1v) is 11.5. The second kappa shape index (κ2) is 9.23. The Bertz CT molecular complexity index is 1010. The van der Waals surface area contributed by atoms with Crippen LogP contribution in [0.25, 0.3) is 0 Å². The molecule has 0 spiro atoms. The lowest BCUT2D eigenvalue weighted by molar-refractivity contribution is -0.133. The predicted octanol–water partition coefficient (Wildman–Crippen LogP) is 3.93. The lowest BCUT2D eigenvalue weighted by atomic mass is 10.1. The van der Waals surface area contributed by atoms with Gasteiger partial charge in [-0.3, -0.25) is 9.59 Å². The smallest absolute Gasteiger partial charge is 0.227 e. The highest BCUT2D eigenvalue weighted by Gasteiger charge is 2.30. The van der Waals surface area contributed by atoms with Crippen molar-refractivity contribution >= 4 is 23.2 Å². The van der Waals surface area contributed by atoms with E-state index in [0.29, 0.717) is 19.6 Å². The number of hydrogen-bond donors (Lipinski definition) is 0. The van der Waals surface area contributed by atoms with E-state index in [1.165, 1.54) is 11.3 Å². The molecule has 2 amide bonds. The number of nitrogens with zero attached hydrogens (tertiary/aromatic N) is 3. The van der Waals surface area contributed by atoms with Crippen LogP contribution in [-0.4, -0.2) is 55.0 Å². The van der Waals surface area contributed by atoms with Crippen molar-refractivity contribution in [1.82, 2.24) is 4.90 Å². The highest BCUT2D eigenvalue weighted by Crippen LogP contribution is 2.34. The van der Waals surface area contributed by atoms with Gasteiger partial charge in [0.2, 0.25) is 11.8 Å². The fourth-order valence-corrected chi connectivity index (χ4v) is 4.66. The number of anilines is 2. The fraction of sp³-hybridized carbons (Fsp3) is 0.462. The van der Waals surface area contributed by atoms with Crippen LogP contribution in [0.4, 0.5) is 11.4 Å². The van der Waals surface area contributed by atoms with Gasteiger partial charge in [-0.1, -0.05) is 18.2 Å². The zero-order chi connectivity index (χ0) is 22.8. The first-order chi connectivity index (χ1) is 15.3. The van der Waals surface area contributed by atoms with Gasteiger partial charge < -0.3 is 19.4 Å². The third kappa shape index (κ3) is 4.74. The van der Waals surface area contributed by atoms with Crippen LogP contribution in [0, 0.1) is 13.8 Å². The van der Waals surface area contributed by atoms with E-state index in [0.717, 1.165) is 23.5 Å². The Labute approximate surface area is 190 Å². The van der Waals surface area contributed by atoms with Crippen molar-refractivity contribution in [3.8, 4) is 5.75 Å². The molecule has 0 bridgehead atoms. The summed E-state index contributed by atoms with van der Waals surface area (Å²) >= 11 is 0. The summed E-state index contributed by atoms with van der Waals surface area (Å²) < 4.78 is 5.88. The van der Waals surface area contributed by atoms with Crippen LogP contribution in [0.2, 0.25) is 0 Å². The maximum absolute atomic E-state index is 13.0. The lowest BCUT2D eigenvalue weighted by Gasteiger charge is -2.41. The molecule has 2 aromatic carbocycles. The summed E-state index contributed by atoms with van der Waals surface area (Å²) in [5, 5.41) is 0. The Kier molecular flexibility index (Phi) is 6.40. The number of rotatable bonds is 4. The molecule has 2 heterocycles. The molecule has 0 aromatic heterocycles. The normalized spacial score (nSPS) is 20.6. The minimum Gasteiger partial charge on any atom is -0.487 e. The van der Waals surface area contributed by atoms with Crippen molar-refractivity contribution in [2.45, 2.75) is 52.7 Å². The van der Waals surface area contributed by atoms with Crippen LogP contribution < -0.4 is 14.5 Å². The van der Waals surface area contributed by atoms with Crippen LogP contribution in [0.5, 0.6) is 5.75 Å². The molecule has 0 aliphatic carbocycles. The zero-order valence-corrected chi connectivity index (χ0v) is 19.5. The average Bonchev–Trinajstić information content (AvgIpc) is 2.76. The molecule has 2 atom stereocenters. The molecular formula is C26H33N3O3. The molecule has 6 nitrogen and oxygen atoms in total. The third-order valence-electron chi connectivity index (χ3n) is 6.34. The van der Waals surface area contributed by atoms with Gasteiger partial charge in [-0.2, -0.15) is 0 Å². The van der Waals surface area contributed by atoms with E-state index in [1.54, 1.807) is 4.90 Å². The fourth-order valence-electron chi connectivity index (χ4n) is 4.66. The number of fused-ring (bicyclic) bond motifs is 1. The Balaban J connectivity index is 1.35. The maximum Gasteiger partial charge on any atom is 0.227 e.